The Hall–Kier alpha value is -2.79. The van der Waals surface area contributed by atoms with Crippen LogP contribution in [0.25, 0.3) is 0 Å². The summed E-state index contributed by atoms with van der Waals surface area (Å²) >= 11 is 6.01. The Bertz CT molecular complexity index is 859. The van der Waals surface area contributed by atoms with Gasteiger partial charge in [0.05, 0.1) is 19.0 Å². The number of ether oxygens (including phenoxy) is 1. The minimum atomic E-state index is -0.334. The number of hydrogen-bond acceptors (Lipinski definition) is 4. The molecule has 0 amide bonds. The second-order valence-corrected chi connectivity index (χ2v) is 6.04. The van der Waals surface area contributed by atoms with E-state index in [1.807, 2.05) is 47.2 Å². The third kappa shape index (κ3) is 4.61. The van der Waals surface area contributed by atoms with Crippen molar-refractivity contribution >= 4 is 23.4 Å². The number of hydrogen-bond donors (Lipinski definition) is 1. The topological polar surface area (TPSA) is 56.1 Å². The van der Waals surface area contributed by atoms with Gasteiger partial charge in [0.1, 0.15) is 5.82 Å². The number of halogens is 1. The summed E-state index contributed by atoms with van der Waals surface area (Å²) < 4.78 is 6.68. The number of anilines is 1. The van der Waals surface area contributed by atoms with Gasteiger partial charge in [-0.3, -0.25) is 0 Å². The van der Waals surface area contributed by atoms with E-state index >= 15 is 0 Å². The first-order valence-electron chi connectivity index (χ1n) is 7.81. The van der Waals surface area contributed by atoms with Gasteiger partial charge in [-0.2, -0.15) is 0 Å². The first kappa shape index (κ1) is 17.0. The highest BCUT2D eigenvalue weighted by atomic mass is 35.5. The van der Waals surface area contributed by atoms with Gasteiger partial charge in [0.2, 0.25) is 0 Å². The third-order valence-electron chi connectivity index (χ3n) is 3.74. The van der Waals surface area contributed by atoms with Gasteiger partial charge < -0.3 is 14.6 Å². The number of esters is 1. The fourth-order valence-corrected chi connectivity index (χ4v) is 2.67. The number of nitrogens with one attached hydrogen (secondary N) is 1. The number of carbonyl (C=O) groups is 1. The van der Waals surface area contributed by atoms with E-state index in [0.717, 1.165) is 22.0 Å². The van der Waals surface area contributed by atoms with Crippen molar-refractivity contribution in [1.29, 1.82) is 0 Å². The molecule has 0 bridgehead atoms. The molecule has 2 aromatic carbocycles. The van der Waals surface area contributed by atoms with Crippen LogP contribution < -0.4 is 5.32 Å². The highest BCUT2D eigenvalue weighted by molar-refractivity contribution is 6.30. The number of methoxy groups -OCH3 is 1. The highest BCUT2D eigenvalue weighted by Crippen LogP contribution is 2.14. The van der Waals surface area contributed by atoms with E-state index < -0.39 is 0 Å². The van der Waals surface area contributed by atoms with Crippen LogP contribution in [-0.2, 0) is 17.8 Å². The van der Waals surface area contributed by atoms with Crippen molar-refractivity contribution in [3.05, 3.63) is 82.8 Å². The van der Waals surface area contributed by atoms with Gasteiger partial charge in [0.15, 0.2) is 0 Å². The Balaban J connectivity index is 1.57. The number of carbonyl (C=O) groups excluding carboxylic acids is 1. The molecule has 0 saturated heterocycles. The Labute approximate surface area is 151 Å². The fraction of sp³-hybridized carbons (Fsp3) is 0.158. The molecule has 0 aliphatic carbocycles. The maximum Gasteiger partial charge on any atom is 0.337 e. The van der Waals surface area contributed by atoms with E-state index in [2.05, 4.69) is 15.0 Å². The summed E-state index contributed by atoms with van der Waals surface area (Å²) in [7, 11) is 1.37. The van der Waals surface area contributed by atoms with Crippen LogP contribution >= 0.6 is 11.6 Å². The Morgan fingerprint density at radius 3 is 2.72 bits per heavy atom. The maximum absolute atomic E-state index is 11.4. The SMILES string of the molecule is COC(=O)c1ccc(CNc2cn(Cc3cccc(Cl)c3)cn2)cc1. The molecule has 5 nitrogen and oxygen atoms in total. The lowest BCUT2D eigenvalue weighted by molar-refractivity contribution is 0.0600. The van der Waals surface area contributed by atoms with Crippen LogP contribution in [0.2, 0.25) is 5.02 Å². The van der Waals surface area contributed by atoms with E-state index in [0.29, 0.717) is 18.7 Å². The molecule has 1 heterocycles. The predicted octanol–water partition coefficient (Wildman–Crippen LogP) is 3.98. The molecule has 0 spiro atoms. The number of benzene rings is 2. The molecule has 0 aliphatic rings. The highest BCUT2D eigenvalue weighted by Gasteiger charge is 2.05. The largest absolute Gasteiger partial charge is 0.465 e. The Morgan fingerprint density at radius 1 is 1.20 bits per heavy atom. The zero-order chi connectivity index (χ0) is 17.6. The molecule has 0 atom stereocenters. The normalized spacial score (nSPS) is 10.5. The summed E-state index contributed by atoms with van der Waals surface area (Å²) in [6.07, 6.45) is 3.73. The number of imidazole rings is 1. The summed E-state index contributed by atoms with van der Waals surface area (Å²) in [6, 6.07) is 15.0. The van der Waals surface area contributed by atoms with Crippen molar-refractivity contribution in [2.45, 2.75) is 13.1 Å². The molecule has 128 valence electrons. The molecule has 1 aromatic heterocycles. The van der Waals surface area contributed by atoms with Crippen molar-refractivity contribution in [3.8, 4) is 0 Å². The van der Waals surface area contributed by atoms with E-state index in [4.69, 9.17) is 11.6 Å². The number of rotatable bonds is 6. The van der Waals surface area contributed by atoms with Crippen LogP contribution in [0.5, 0.6) is 0 Å². The molecule has 3 rings (SSSR count). The van der Waals surface area contributed by atoms with Crippen LogP contribution in [0.1, 0.15) is 21.5 Å². The summed E-state index contributed by atoms with van der Waals surface area (Å²) in [4.78, 5) is 15.8. The summed E-state index contributed by atoms with van der Waals surface area (Å²) in [5, 5.41) is 4.00. The van der Waals surface area contributed by atoms with Gasteiger partial charge >= 0.3 is 5.97 Å². The minimum Gasteiger partial charge on any atom is -0.465 e. The Kier molecular flexibility index (Phi) is 5.36. The van der Waals surface area contributed by atoms with E-state index in [-0.39, 0.29) is 5.97 Å². The lowest BCUT2D eigenvalue weighted by atomic mass is 10.1. The lowest BCUT2D eigenvalue weighted by Gasteiger charge is -2.05. The Morgan fingerprint density at radius 2 is 2.00 bits per heavy atom. The second-order valence-electron chi connectivity index (χ2n) is 5.60. The third-order valence-corrected chi connectivity index (χ3v) is 3.97. The second kappa shape index (κ2) is 7.85. The van der Waals surface area contributed by atoms with Crippen LogP contribution in [-0.4, -0.2) is 22.6 Å². The zero-order valence-corrected chi connectivity index (χ0v) is 14.5. The lowest BCUT2D eigenvalue weighted by Crippen LogP contribution is -2.03. The molecule has 0 radical (unpaired) electrons. The average Bonchev–Trinajstić information content (AvgIpc) is 3.07. The molecule has 0 saturated carbocycles. The molecule has 0 fully saturated rings. The molecular formula is C19H18ClN3O2. The molecule has 0 unspecified atom stereocenters. The summed E-state index contributed by atoms with van der Waals surface area (Å²) in [5.74, 6) is 0.457. The van der Waals surface area contributed by atoms with Gasteiger partial charge in [-0.1, -0.05) is 35.9 Å². The van der Waals surface area contributed by atoms with Gasteiger partial charge in [0.25, 0.3) is 0 Å². The molecule has 1 N–H and O–H groups in total. The predicted molar refractivity (Wildman–Crippen MR) is 97.9 cm³/mol. The maximum atomic E-state index is 11.4. The van der Waals surface area contributed by atoms with E-state index in [1.165, 1.54) is 7.11 Å². The molecule has 25 heavy (non-hydrogen) atoms. The van der Waals surface area contributed by atoms with Gasteiger partial charge in [0, 0.05) is 24.3 Å². The van der Waals surface area contributed by atoms with Crippen molar-refractivity contribution in [1.82, 2.24) is 9.55 Å². The van der Waals surface area contributed by atoms with Crippen molar-refractivity contribution in [3.63, 3.8) is 0 Å². The van der Waals surface area contributed by atoms with Crippen molar-refractivity contribution in [2.24, 2.45) is 0 Å². The number of aromatic nitrogens is 2. The van der Waals surface area contributed by atoms with Crippen LogP contribution in [0.3, 0.4) is 0 Å². The molecule has 6 heteroatoms. The van der Waals surface area contributed by atoms with E-state index in [9.17, 15) is 4.79 Å². The minimum absolute atomic E-state index is 0.334. The monoisotopic (exact) mass is 355 g/mol. The first-order valence-corrected chi connectivity index (χ1v) is 8.19. The smallest absolute Gasteiger partial charge is 0.337 e. The molecule has 0 aliphatic heterocycles. The summed E-state index contributed by atoms with van der Waals surface area (Å²) in [6.45, 7) is 1.33. The van der Waals surface area contributed by atoms with E-state index in [1.54, 1.807) is 18.5 Å². The van der Waals surface area contributed by atoms with Crippen molar-refractivity contribution in [2.75, 3.05) is 12.4 Å². The first-order chi connectivity index (χ1) is 12.1. The standard InChI is InChI=1S/C19H18ClN3O2/c1-25-19(24)16-7-5-14(6-8-16)10-21-18-12-23(13-22-18)11-15-3-2-4-17(20)9-15/h2-9,12-13,21H,10-11H2,1H3. The van der Waals surface area contributed by atoms with Crippen LogP contribution in [0.4, 0.5) is 5.82 Å². The number of nitrogens with zero attached hydrogens (tertiary/aromatic N) is 2. The average molecular weight is 356 g/mol. The van der Waals surface area contributed by atoms with Gasteiger partial charge in [-0.25, -0.2) is 9.78 Å². The van der Waals surface area contributed by atoms with Gasteiger partial charge in [-0.15, -0.1) is 0 Å². The zero-order valence-electron chi connectivity index (χ0n) is 13.8. The van der Waals surface area contributed by atoms with Crippen LogP contribution in [0.15, 0.2) is 61.1 Å². The molecular weight excluding hydrogens is 338 g/mol. The van der Waals surface area contributed by atoms with Crippen LogP contribution in [0, 0.1) is 0 Å². The fourth-order valence-electron chi connectivity index (χ4n) is 2.45. The molecule has 3 aromatic rings. The van der Waals surface area contributed by atoms with Crippen molar-refractivity contribution < 1.29 is 9.53 Å². The quantitative estimate of drug-likeness (QED) is 0.679. The summed E-state index contributed by atoms with van der Waals surface area (Å²) in [5.41, 5.74) is 2.71. The van der Waals surface area contributed by atoms with Gasteiger partial charge in [-0.05, 0) is 35.4 Å².